The second-order valence-electron chi connectivity index (χ2n) is 7.73. The van der Waals surface area contributed by atoms with E-state index in [4.69, 9.17) is 5.14 Å². The standard InChI is InChI=1S/C19H25N5O5S/c20-30(27,28)29-9-12-7-15(19(26)18(12)25)24-17-8-16(21-10-22-17)23-14-6-5-11-3-1-2-4-13(11)14/h1-4,8,10,12,14-15,18-19,25-26H,5-7,9H2,(H2,20,27,28)(H2,21,22,23,24)/t12-,14-,15-,18-,19?/m1/s1. The van der Waals surface area contributed by atoms with E-state index < -0.39 is 34.5 Å². The Morgan fingerprint density at radius 3 is 2.63 bits per heavy atom. The number of nitrogens with zero attached hydrogens (tertiary/aromatic N) is 2. The van der Waals surface area contributed by atoms with Gasteiger partial charge in [0.25, 0.3) is 0 Å². The van der Waals surface area contributed by atoms with Gasteiger partial charge in [0, 0.05) is 12.0 Å². The van der Waals surface area contributed by atoms with E-state index in [9.17, 15) is 18.6 Å². The molecule has 2 aliphatic rings. The Morgan fingerprint density at radius 2 is 1.87 bits per heavy atom. The largest absolute Gasteiger partial charge is 0.390 e. The normalized spacial score (nSPS) is 28.3. The molecule has 10 nitrogen and oxygen atoms in total. The zero-order chi connectivity index (χ0) is 21.3. The number of nitrogens with two attached hydrogens (primary N) is 1. The van der Waals surface area contributed by atoms with E-state index in [0.29, 0.717) is 18.1 Å². The first-order chi connectivity index (χ1) is 14.3. The highest BCUT2D eigenvalue weighted by atomic mass is 32.2. The number of rotatable bonds is 7. The van der Waals surface area contributed by atoms with Gasteiger partial charge in [0.05, 0.1) is 24.8 Å². The molecule has 2 aromatic rings. The fraction of sp³-hybridized carbons (Fsp3) is 0.474. The van der Waals surface area contributed by atoms with Gasteiger partial charge in [-0.05, 0) is 30.4 Å². The summed E-state index contributed by atoms with van der Waals surface area (Å²) in [5.41, 5.74) is 2.59. The lowest BCUT2D eigenvalue weighted by molar-refractivity contribution is 0.00778. The smallest absolute Gasteiger partial charge is 0.333 e. The fourth-order valence-corrected chi connectivity index (χ4v) is 4.57. The van der Waals surface area contributed by atoms with Crippen molar-refractivity contribution < 1.29 is 22.8 Å². The predicted molar refractivity (Wildman–Crippen MR) is 110 cm³/mol. The van der Waals surface area contributed by atoms with Gasteiger partial charge >= 0.3 is 10.3 Å². The Hall–Kier alpha value is -2.31. The molecule has 0 amide bonds. The van der Waals surface area contributed by atoms with Crippen molar-refractivity contribution in [2.45, 2.75) is 43.6 Å². The molecular weight excluding hydrogens is 410 g/mol. The van der Waals surface area contributed by atoms with Gasteiger partial charge in [0.1, 0.15) is 24.1 Å². The average molecular weight is 436 g/mol. The van der Waals surface area contributed by atoms with Crippen LogP contribution >= 0.6 is 0 Å². The molecule has 11 heteroatoms. The van der Waals surface area contributed by atoms with Gasteiger partial charge in [-0.25, -0.2) is 15.1 Å². The molecule has 5 atom stereocenters. The van der Waals surface area contributed by atoms with E-state index in [-0.39, 0.29) is 12.6 Å². The van der Waals surface area contributed by atoms with Gasteiger partial charge in [-0.3, -0.25) is 4.18 Å². The molecule has 0 saturated heterocycles. The monoisotopic (exact) mass is 435 g/mol. The minimum atomic E-state index is -4.11. The number of benzene rings is 1. The molecule has 1 fully saturated rings. The molecular formula is C19H25N5O5S. The van der Waals surface area contributed by atoms with Gasteiger partial charge in [0.15, 0.2) is 0 Å². The Balaban J connectivity index is 1.40. The second-order valence-corrected chi connectivity index (χ2v) is 8.95. The highest BCUT2D eigenvalue weighted by Crippen LogP contribution is 2.34. The Bertz CT molecular complexity index is 1000. The van der Waals surface area contributed by atoms with Crippen LogP contribution in [0.25, 0.3) is 0 Å². The molecule has 0 aliphatic heterocycles. The summed E-state index contributed by atoms with van der Waals surface area (Å²) in [6.07, 6.45) is 1.46. The zero-order valence-electron chi connectivity index (χ0n) is 16.2. The van der Waals surface area contributed by atoms with Crippen molar-refractivity contribution in [1.82, 2.24) is 9.97 Å². The van der Waals surface area contributed by atoms with Gasteiger partial charge in [0.2, 0.25) is 0 Å². The van der Waals surface area contributed by atoms with Crippen molar-refractivity contribution in [3.8, 4) is 0 Å². The van der Waals surface area contributed by atoms with E-state index in [1.807, 2.05) is 12.1 Å². The van der Waals surface area contributed by atoms with E-state index in [0.717, 1.165) is 12.8 Å². The van der Waals surface area contributed by atoms with Crippen LogP contribution in [0.2, 0.25) is 0 Å². The average Bonchev–Trinajstić information content (AvgIpc) is 3.23. The number of fused-ring (bicyclic) bond motifs is 1. The lowest BCUT2D eigenvalue weighted by atomic mass is 10.1. The molecule has 1 unspecified atom stereocenters. The van der Waals surface area contributed by atoms with E-state index >= 15 is 0 Å². The molecule has 4 rings (SSSR count). The number of aliphatic hydroxyl groups excluding tert-OH is 2. The van der Waals surface area contributed by atoms with Crippen LogP contribution in [0.15, 0.2) is 36.7 Å². The highest BCUT2D eigenvalue weighted by Gasteiger charge is 2.42. The molecule has 1 aromatic heterocycles. The summed E-state index contributed by atoms with van der Waals surface area (Å²) in [6.45, 7) is -0.299. The summed E-state index contributed by atoms with van der Waals surface area (Å²) < 4.78 is 26.5. The van der Waals surface area contributed by atoms with Crippen molar-refractivity contribution in [3.63, 3.8) is 0 Å². The van der Waals surface area contributed by atoms with Crippen LogP contribution in [0.1, 0.15) is 30.0 Å². The number of aliphatic hydroxyl groups is 2. The lowest BCUT2D eigenvalue weighted by Gasteiger charge is -2.19. The van der Waals surface area contributed by atoms with Gasteiger partial charge in [-0.15, -0.1) is 0 Å². The zero-order valence-corrected chi connectivity index (χ0v) is 17.0. The summed E-state index contributed by atoms with van der Waals surface area (Å²) in [4.78, 5) is 8.47. The lowest BCUT2D eigenvalue weighted by Crippen LogP contribution is -2.36. The summed E-state index contributed by atoms with van der Waals surface area (Å²) in [5.74, 6) is 0.560. The maximum atomic E-state index is 11.0. The first-order valence-corrected chi connectivity index (χ1v) is 11.2. The van der Waals surface area contributed by atoms with Crippen molar-refractivity contribution in [3.05, 3.63) is 47.8 Å². The molecule has 0 radical (unpaired) electrons. The molecule has 1 heterocycles. The number of nitrogens with one attached hydrogen (secondary N) is 2. The van der Waals surface area contributed by atoms with Crippen LogP contribution in [0.4, 0.5) is 11.6 Å². The first kappa shape index (κ1) is 20.9. The molecule has 6 N–H and O–H groups in total. The maximum Gasteiger partial charge on any atom is 0.333 e. The number of aryl methyl sites for hydroxylation is 1. The fourth-order valence-electron chi connectivity index (χ4n) is 4.21. The van der Waals surface area contributed by atoms with Crippen molar-refractivity contribution in [2.24, 2.45) is 11.1 Å². The summed E-state index contributed by atoms with van der Waals surface area (Å²) >= 11 is 0. The third-order valence-electron chi connectivity index (χ3n) is 5.70. The predicted octanol–water partition coefficient (Wildman–Crippen LogP) is 0.318. The molecule has 2 aliphatic carbocycles. The SMILES string of the molecule is NS(=O)(=O)OC[C@H]1C[C@@H](Nc2cc(N[C@@H]3CCc4ccccc43)ncn2)C(O)[C@@H]1O. The van der Waals surface area contributed by atoms with Crippen molar-refractivity contribution >= 4 is 21.9 Å². The van der Waals surface area contributed by atoms with Crippen LogP contribution in [0.5, 0.6) is 0 Å². The third-order valence-corrected chi connectivity index (χ3v) is 6.17. The number of anilines is 2. The van der Waals surface area contributed by atoms with Crippen molar-refractivity contribution in [2.75, 3.05) is 17.2 Å². The van der Waals surface area contributed by atoms with Crippen LogP contribution in [-0.4, -0.2) is 53.5 Å². The number of hydrogen-bond donors (Lipinski definition) is 5. The Kier molecular flexibility index (Phi) is 5.89. The van der Waals surface area contributed by atoms with Crippen molar-refractivity contribution in [1.29, 1.82) is 0 Å². The van der Waals surface area contributed by atoms with Gasteiger partial charge in [-0.2, -0.15) is 8.42 Å². The number of aromatic nitrogens is 2. The summed E-state index contributed by atoms with van der Waals surface area (Å²) in [7, 11) is -4.11. The van der Waals surface area contributed by atoms with Gasteiger partial charge < -0.3 is 20.8 Å². The molecule has 0 spiro atoms. The Labute approximate surface area is 174 Å². The van der Waals surface area contributed by atoms with Crippen LogP contribution < -0.4 is 15.8 Å². The summed E-state index contributed by atoms with van der Waals surface area (Å²) in [5, 5.41) is 31.9. The van der Waals surface area contributed by atoms with Crippen LogP contribution in [0, 0.1) is 5.92 Å². The minimum Gasteiger partial charge on any atom is -0.390 e. The quantitative estimate of drug-likeness (QED) is 0.412. The third kappa shape index (κ3) is 4.71. The van der Waals surface area contributed by atoms with Crippen LogP contribution in [-0.2, 0) is 20.9 Å². The summed E-state index contributed by atoms with van der Waals surface area (Å²) in [6, 6.07) is 9.69. The molecule has 1 saturated carbocycles. The van der Waals surface area contributed by atoms with E-state index in [2.05, 4.69) is 36.9 Å². The molecule has 162 valence electrons. The number of hydrogen-bond acceptors (Lipinski definition) is 9. The highest BCUT2D eigenvalue weighted by molar-refractivity contribution is 7.84. The van der Waals surface area contributed by atoms with E-state index in [1.54, 1.807) is 6.07 Å². The van der Waals surface area contributed by atoms with Gasteiger partial charge in [-0.1, -0.05) is 24.3 Å². The molecule has 30 heavy (non-hydrogen) atoms. The van der Waals surface area contributed by atoms with E-state index in [1.165, 1.54) is 17.5 Å². The maximum absolute atomic E-state index is 11.0. The first-order valence-electron chi connectivity index (χ1n) is 9.76. The molecule has 1 aromatic carbocycles. The van der Waals surface area contributed by atoms with Crippen LogP contribution in [0.3, 0.4) is 0 Å². The topological polar surface area (TPSA) is 160 Å². The second kappa shape index (κ2) is 8.44. The molecule has 0 bridgehead atoms. The minimum absolute atomic E-state index is 0.169. The Morgan fingerprint density at radius 1 is 1.13 bits per heavy atom.